The first kappa shape index (κ1) is 19.5. The molecule has 3 unspecified atom stereocenters. The Morgan fingerprint density at radius 3 is 2.36 bits per heavy atom. The molecule has 25 heavy (non-hydrogen) atoms. The van der Waals surface area contributed by atoms with Gasteiger partial charge in [0.05, 0.1) is 5.92 Å². The molecule has 138 valence electrons. The number of nitrogens with zero attached hydrogens (tertiary/aromatic N) is 1. The molecule has 1 fully saturated rings. The summed E-state index contributed by atoms with van der Waals surface area (Å²) >= 11 is 1.14. The second kappa shape index (κ2) is 9.04. The number of aliphatic hydroxyl groups excluding tert-OH is 2. The van der Waals surface area contributed by atoms with Gasteiger partial charge in [-0.1, -0.05) is 24.6 Å². The Morgan fingerprint density at radius 1 is 1.12 bits per heavy atom. The minimum absolute atomic E-state index is 0.137. The fraction of sp³-hybridized carbons (Fsp3) is 0.500. The molecule has 9 heteroatoms. The largest absolute Gasteiger partial charge is 0.419 e. The van der Waals surface area contributed by atoms with E-state index in [1.807, 2.05) is 4.31 Å². The number of primary amides is 2. The first-order chi connectivity index (χ1) is 11.9. The summed E-state index contributed by atoms with van der Waals surface area (Å²) in [5.41, 5.74) is 9.64. The molecule has 0 spiro atoms. The van der Waals surface area contributed by atoms with Crippen LogP contribution in [0, 0.1) is 0 Å². The molecule has 1 aromatic carbocycles. The van der Waals surface area contributed by atoms with E-state index in [4.69, 9.17) is 11.5 Å². The van der Waals surface area contributed by atoms with Crippen molar-refractivity contribution in [3.63, 3.8) is 0 Å². The van der Waals surface area contributed by atoms with Gasteiger partial charge in [-0.3, -0.25) is 4.79 Å². The van der Waals surface area contributed by atoms with Crippen molar-refractivity contribution in [2.75, 3.05) is 13.1 Å². The first-order valence-electron chi connectivity index (χ1n) is 8.03. The van der Waals surface area contributed by atoms with Gasteiger partial charge in [0, 0.05) is 18.7 Å². The Balaban J connectivity index is 2.29. The summed E-state index contributed by atoms with van der Waals surface area (Å²) in [5, 5.41) is 21.0. The van der Waals surface area contributed by atoms with Crippen LogP contribution in [0.4, 0.5) is 4.79 Å². The van der Waals surface area contributed by atoms with Crippen molar-refractivity contribution < 1.29 is 24.5 Å². The second-order valence-electron chi connectivity index (χ2n) is 5.79. The summed E-state index contributed by atoms with van der Waals surface area (Å²) in [7, 11) is 0. The van der Waals surface area contributed by atoms with Crippen LogP contribution in [-0.2, 0) is 4.74 Å². The van der Waals surface area contributed by atoms with Gasteiger partial charge in [-0.25, -0.2) is 9.10 Å². The molecule has 0 saturated carbocycles. The number of carbonyl (C=O) groups is 2. The second-order valence-corrected chi connectivity index (χ2v) is 7.00. The van der Waals surface area contributed by atoms with Gasteiger partial charge in [0.2, 0.25) is 12.2 Å². The smallest absolute Gasteiger partial charge is 0.406 e. The van der Waals surface area contributed by atoms with Crippen molar-refractivity contribution in [3.8, 4) is 0 Å². The van der Waals surface area contributed by atoms with Crippen LogP contribution in [0.1, 0.15) is 41.1 Å². The van der Waals surface area contributed by atoms with Crippen LogP contribution in [-0.4, -0.2) is 51.3 Å². The number of ether oxygens (including phenoxy) is 1. The van der Waals surface area contributed by atoms with Crippen LogP contribution in [0.25, 0.3) is 0 Å². The maximum Gasteiger partial charge on any atom is 0.406 e. The van der Waals surface area contributed by atoms with E-state index in [0.29, 0.717) is 5.56 Å². The standard InChI is InChI=1S/C16H23N3O5S/c17-13(20)11-7-3-2-6-10(11)12(14(21)24-16(18)23)15(22)25-19-8-4-1-5-9-19/h2-3,6-7,12,14-15,21-22H,1,4-5,8-9H2,(H2,17,20)(H2,18,23). The lowest BCUT2D eigenvalue weighted by molar-refractivity contribution is -0.0806. The number of hydrogen-bond acceptors (Lipinski definition) is 7. The van der Waals surface area contributed by atoms with Gasteiger partial charge < -0.3 is 26.4 Å². The van der Waals surface area contributed by atoms with Gasteiger partial charge in [-0.05, 0) is 36.4 Å². The third-order valence-electron chi connectivity index (χ3n) is 4.01. The molecule has 1 aliphatic heterocycles. The first-order valence-corrected chi connectivity index (χ1v) is 8.86. The third-order valence-corrected chi connectivity index (χ3v) is 5.18. The molecule has 1 aliphatic rings. The molecule has 2 amide bonds. The van der Waals surface area contributed by atoms with Crippen LogP contribution in [0.15, 0.2) is 24.3 Å². The molecule has 0 bridgehead atoms. The van der Waals surface area contributed by atoms with Gasteiger partial charge in [-0.15, -0.1) is 0 Å². The van der Waals surface area contributed by atoms with Crippen molar-refractivity contribution in [2.45, 2.75) is 36.9 Å². The minimum atomic E-state index is -1.72. The predicted octanol–water partition coefficient (Wildman–Crippen LogP) is 0.735. The van der Waals surface area contributed by atoms with E-state index in [-0.39, 0.29) is 5.56 Å². The Kier molecular flexibility index (Phi) is 7.06. The molecular weight excluding hydrogens is 346 g/mol. The van der Waals surface area contributed by atoms with Gasteiger partial charge in [-0.2, -0.15) is 0 Å². The molecule has 1 saturated heterocycles. The quantitative estimate of drug-likeness (QED) is 0.410. The zero-order valence-corrected chi connectivity index (χ0v) is 14.5. The SMILES string of the molecule is NC(=O)OC(O)C(c1ccccc1C(N)=O)C(O)SN1CCCCC1. The van der Waals surface area contributed by atoms with Crippen molar-refractivity contribution in [3.05, 3.63) is 35.4 Å². The number of benzene rings is 1. The van der Waals surface area contributed by atoms with Crippen LogP contribution in [0.5, 0.6) is 0 Å². The maximum atomic E-state index is 11.7. The number of aliphatic hydroxyl groups is 2. The average Bonchev–Trinajstić information content (AvgIpc) is 2.55. The fourth-order valence-electron chi connectivity index (χ4n) is 2.84. The molecule has 0 aromatic heterocycles. The van der Waals surface area contributed by atoms with E-state index in [9.17, 15) is 19.8 Å². The molecule has 1 heterocycles. The van der Waals surface area contributed by atoms with Gasteiger partial charge in [0.1, 0.15) is 5.44 Å². The van der Waals surface area contributed by atoms with E-state index in [1.165, 1.54) is 6.07 Å². The highest BCUT2D eigenvalue weighted by molar-refractivity contribution is 7.97. The monoisotopic (exact) mass is 369 g/mol. The van der Waals surface area contributed by atoms with Crippen LogP contribution in [0.3, 0.4) is 0 Å². The van der Waals surface area contributed by atoms with Gasteiger partial charge in [0.25, 0.3) is 0 Å². The number of hydrogen-bond donors (Lipinski definition) is 4. The molecule has 1 aromatic rings. The van der Waals surface area contributed by atoms with Crippen molar-refractivity contribution in [2.24, 2.45) is 11.5 Å². The lowest BCUT2D eigenvalue weighted by atomic mass is 9.93. The van der Waals surface area contributed by atoms with Crippen molar-refractivity contribution >= 4 is 23.9 Å². The Labute approximate surface area is 150 Å². The van der Waals surface area contributed by atoms with Gasteiger partial charge in [0.15, 0.2) is 0 Å². The lowest BCUT2D eigenvalue weighted by Gasteiger charge is -2.32. The van der Waals surface area contributed by atoms with E-state index < -0.39 is 29.6 Å². The summed E-state index contributed by atoms with van der Waals surface area (Å²) in [4.78, 5) is 22.7. The molecular formula is C16H23N3O5S. The summed E-state index contributed by atoms with van der Waals surface area (Å²) in [6.07, 6.45) is 0.272. The number of rotatable bonds is 7. The van der Waals surface area contributed by atoms with E-state index >= 15 is 0 Å². The van der Waals surface area contributed by atoms with Crippen molar-refractivity contribution in [1.29, 1.82) is 0 Å². The summed E-state index contributed by atoms with van der Waals surface area (Å²) in [5.74, 6) is -1.79. The van der Waals surface area contributed by atoms with E-state index in [2.05, 4.69) is 4.74 Å². The molecule has 8 nitrogen and oxygen atoms in total. The highest BCUT2D eigenvalue weighted by Crippen LogP contribution is 2.35. The van der Waals surface area contributed by atoms with Crippen LogP contribution < -0.4 is 11.5 Å². The fourth-order valence-corrected chi connectivity index (χ4v) is 4.03. The molecule has 3 atom stereocenters. The number of nitrogens with two attached hydrogens (primary N) is 2. The molecule has 6 N–H and O–H groups in total. The highest BCUT2D eigenvalue weighted by Gasteiger charge is 2.35. The van der Waals surface area contributed by atoms with Crippen LogP contribution >= 0.6 is 11.9 Å². The normalized spacial score (nSPS) is 19.0. The average molecular weight is 369 g/mol. The van der Waals surface area contributed by atoms with Crippen LogP contribution in [0.2, 0.25) is 0 Å². The number of carbonyl (C=O) groups excluding carboxylic acids is 2. The third kappa shape index (κ3) is 5.33. The Bertz CT molecular complexity index is 609. The summed E-state index contributed by atoms with van der Waals surface area (Å²) < 4.78 is 6.65. The Hall–Kier alpha value is -1.81. The molecule has 0 aliphatic carbocycles. The summed E-state index contributed by atoms with van der Waals surface area (Å²) in [6.45, 7) is 1.61. The van der Waals surface area contributed by atoms with Crippen molar-refractivity contribution in [1.82, 2.24) is 4.31 Å². The van der Waals surface area contributed by atoms with E-state index in [1.54, 1.807) is 18.2 Å². The maximum absolute atomic E-state index is 11.7. The number of amides is 2. The summed E-state index contributed by atoms with van der Waals surface area (Å²) in [6, 6.07) is 6.30. The Morgan fingerprint density at radius 2 is 1.76 bits per heavy atom. The minimum Gasteiger partial charge on any atom is -0.419 e. The zero-order chi connectivity index (χ0) is 18.4. The zero-order valence-electron chi connectivity index (χ0n) is 13.7. The topological polar surface area (TPSA) is 139 Å². The lowest BCUT2D eigenvalue weighted by Crippen LogP contribution is -2.37. The predicted molar refractivity (Wildman–Crippen MR) is 93.4 cm³/mol. The highest BCUT2D eigenvalue weighted by atomic mass is 32.2. The number of piperidine rings is 1. The molecule has 2 rings (SSSR count). The molecule has 0 radical (unpaired) electrons. The van der Waals surface area contributed by atoms with E-state index in [0.717, 1.165) is 44.3 Å². The van der Waals surface area contributed by atoms with Gasteiger partial charge >= 0.3 is 6.09 Å².